The quantitative estimate of drug-likeness (QED) is 0.189. The summed E-state index contributed by atoms with van der Waals surface area (Å²) in [4.78, 5) is 2.79. The predicted octanol–water partition coefficient (Wildman–Crippen LogP) is 12.9. The van der Waals surface area contributed by atoms with E-state index in [2.05, 4.69) is 172 Å². The molecule has 6 nitrogen and oxygen atoms in total. The number of aryl methyl sites for hydroxylation is 1. The van der Waals surface area contributed by atoms with Crippen molar-refractivity contribution in [1.29, 1.82) is 5.26 Å². The van der Waals surface area contributed by atoms with Crippen LogP contribution in [0.25, 0.3) is 39.7 Å². The van der Waals surface area contributed by atoms with Gasteiger partial charge < -0.3 is 13.9 Å². The topological polar surface area (TPSA) is 69.2 Å². The van der Waals surface area contributed by atoms with Gasteiger partial charge in [-0.05, 0) is 123 Å². The number of nitriles is 1. The number of nitrogens with zero attached hydrogens (tertiary/aromatic N) is 3. The molecule has 13 rings (SSSR count). The molecule has 0 bridgehead atoms. The Balaban J connectivity index is 0.972. The molecule has 2 aromatic carbocycles. The Hall–Kier alpha value is -6.13. The molecule has 6 heteroatoms. The van der Waals surface area contributed by atoms with Crippen LogP contribution in [0.2, 0.25) is 0 Å². The smallest absolute Gasteiger partial charge is 0.131 e. The molecule has 9 unspecified atom stereocenters. The molecular weight excluding hydrogens is 807 g/mol. The van der Waals surface area contributed by atoms with Crippen molar-refractivity contribution in [3.63, 3.8) is 0 Å². The number of aromatic nitrogens is 1. The van der Waals surface area contributed by atoms with Crippen LogP contribution in [-0.4, -0.2) is 39.8 Å². The standard InChI is InChI=1S/C60H59N5O/c61-37-42-35-47(49-31-30-48(62-60(63-49)39-18-5-2-6-19-39)41-21-15-20-40(34-41)38-16-3-1-4-17-38)55(36-54(42)64-50-26-11-7-22-43(50)44-23-8-12-27-51(44)64)65-52-28-13-9-24-45(52)58-53(65)32-33-57-59(58)46-25-10-14-29-56(46)66-57/h2-3,5,7-8,10-13,15-16,20,22-23,25-28,30-35,38-39,41,48-49,53,55,58,60,62-63H,1,4,6,9,14,17-19,21,24,29,36H2. The van der Waals surface area contributed by atoms with Crippen molar-refractivity contribution in [2.45, 2.75) is 113 Å². The molecule has 0 radical (unpaired) electrons. The van der Waals surface area contributed by atoms with E-state index in [0.29, 0.717) is 24.2 Å². The summed E-state index contributed by atoms with van der Waals surface area (Å²) in [5.41, 5.74) is 12.4. The summed E-state index contributed by atoms with van der Waals surface area (Å²) in [6.07, 6.45) is 51.4. The molecule has 0 saturated heterocycles. The molecule has 7 aliphatic carbocycles. The van der Waals surface area contributed by atoms with E-state index < -0.39 is 0 Å². The number of furan rings is 1. The van der Waals surface area contributed by atoms with Crippen molar-refractivity contribution in [3.8, 4) is 6.07 Å². The zero-order valence-electron chi connectivity index (χ0n) is 37.8. The highest BCUT2D eigenvalue weighted by Gasteiger charge is 2.49. The van der Waals surface area contributed by atoms with Gasteiger partial charge in [0.1, 0.15) is 17.6 Å². The first-order valence-electron chi connectivity index (χ1n) is 25.1. The fraction of sp³-hybridized carbons (Fsp3) is 0.350. The monoisotopic (exact) mass is 865 g/mol. The number of rotatable bonds is 6. The van der Waals surface area contributed by atoms with E-state index in [1.54, 1.807) is 0 Å². The highest BCUT2D eigenvalue weighted by molar-refractivity contribution is 6.10. The molecule has 9 atom stereocenters. The van der Waals surface area contributed by atoms with Crippen molar-refractivity contribution < 1.29 is 4.42 Å². The second-order valence-corrected chi connectivity index (χ2v) is 20.1. The highest BCUT2D eigenvalue weighted by Crippen LogP contribution is 2.54. The van der Waals surface area contributed by atoms with Crippen LogP contribution in [0, 0.1) is 29.1 Å². The van der Waals surface area contributed by atoms with Gasteiger partial charge in [0.2, 0.25) is 0 Å². The van der Waals surface area contributed by atoms with Crippen LogP contribution in [0.15, 0.2) is 166 Å². The van der Waals surface area contributed by atoms with Crippen LogP contribution < -0.4 is 10.6 Å². The summed E-state index contributed by atoms with van der Waals surface area (Å²) < 4.78 is 9.10. The molecule has 0 saturated carbocycles. The molecule has 2 aliphatic heterocycles. The number of allylic oxidation sites excluding steroid dienone is 12. The van der Waals surface area contributed by atoms with Crippen molar-refractivity contribution in [2.24, 2.45) is 17.8 Å². The number of benzene rings is 2. The second-order valence-electron chi connectivity index (χ2n) is 20.1. The maximum absolute atomic E-state index is 11.4. The average Bonchev–Trinajstić information content (AvgIpc) is 3.98. The summed E-state index contributed by atoms with van der Waals surface area (Å²) in [6.45, 7) is 0. The van der Waals surface area contributed by atoms with E-state index in [4.69, 9.17) is 4.42 Å². The van der Waals surface area contributed by atoms with E-state index >= 15 is 0 Å². The van der Waals surface area contributed by atoms with Gasteiger partial charge in [0, 0.05) is 64.0 Å². The third-order valence-corrected chi connectivity index (χ3v) is 16.5. The Morgan fingerprint density at radius 1 is 0.742 bits per heavy atom. The highest BCUT2D eigenvalue weighted by atomic mass is 16.3. The summed E-state index contributed by atoms with van der Waals surface area (Å²) in [5, 5.41) is 22.4. The van der Waals surface area contributed by atoms with Gasteiger partial charge in [0.05, 0.1) is 40.9 Å². The van der Waals surface area contributed by atoms with Crippen LogP contribution in [0.4, 0.5) is 0 Å². The van der Waals surface area contributed by atoms with Gasteiger partial charge in [0.25, 0.3) is 0 Å². The second kappa shape index (κ2) is 16.6. The third-order valence-electron chi connectivity index (χ3n) is 16.5. The van der Waals surface area contributed by atoms with Gasteiger partial charge >= 0.3 is 0 Å². The lowest BCUT2D eigenvalue weighted by Crippen LogP contribution is -2.56. The van der Waals surface area contributed by atoms with Crippen LogP contribution in [0.5, 0.6) is 0 Å². The Bertz CT molecular complexity index is 2980. The SMILES string of the molecule is N#CC1=C(n2c3ccccc3c3ccccc32)CC(N2C3=C(CCC=C3)C3c4c(oc5c4C=CCC5)C=CC32)C(C2C=CC(C3C=C(C4C=CCCC4)C=CC3)NC(C3CC=CCC3)N2)=C1. The molecular formula is C60H59N5O. The number of hydrogen-bond donors (Lipinski definition) is 2. The minimum Gasteiger partial charge on any atom is -0.461 e. The lowest BCUT2D eigenvalue weighted by molar-refractivity contribution is 0.229. The maximum Gasteiger partial charge on any atom is 0.131 e. The average molecular weight is 866 g/mol. The van der Waals surface area contributed by atoms with E-state index in [0.717, 1.165) is 85.2 Å². The summed E-state index contributed by atoms with van der Waals surface area (Å²) in [7, 11) is 0. The minimum absolute atomic E-state index is 0.0305. The van der Waals surface area contributed by atoms with E-state index in [-0.39, 0.29) is 36.3 Å². The minimum atomic E-state index is -0.0845. The predicted molar refractivity (Wildman–Crippen MR) is 269 cm³/mol. The van der Waals surface area contributed by atoms with E-state index in [9.17, 15) is 5.26 Å². The lowest BCUT2D eigenvalue weighted by atomic mass is 9.78. The van der Waals surface area contributed by atoms with Crippen molar-refractivity contribution in [1.82, 2.24) is 20.1 Å². The fourth-order valence-corrected chi connectivity index (χ4v) is 13.4. The van der Waals surface area contributed by atoms with Crippen LogP contribution in [0.3, 0.4) is 0 Å². The number of para-hydroxylation sites is 2. The Morgan fingerprint density at radius 3 is 2.41 bits per heavy atom. The van der Waals surface area contributed by atoms with Crippen LogP contribution in [0.1, 0.15) is 99.2 Å². The molecule has 0 spiro atoms. The van der Waals surface area contributed by atoms with Crippen LogP contribution in [-0.2, 0) is 6.42 Å². The van der Waals surface area contributed by atoms with Crippen molar-refractivity contribution >= 4 is 39.7 Å². The lowest BCUT2D eigenvalue weighted by Gasteiger charge is -2.44. The van der Waals surface area contributed by atoms with Gasteiger partial charge in [-0.1, -0.05) is 115 Å². The van der Waals surface area contributed by atoms with E-state index in [1.807, 2.05) is 0 Å². The zero-order valence-corrected chi connectivity index (χ0v) is 37.8. The summed E-state index contributed by atoms with van der Waals surface area (Å²) >= 11 is 0. The molecule has 66 heavy (non-hydrogen) atoms. The van der Waals surface area contributed by atoms with Gasteiger partial charge in [-0.3, -0.25) is 10.6 Å². The normalized spacial score (nSPS) is 31.1. The fourth-order valence-electron chi connectivity index (χ4n) is 13.4. The summed E-state index contributed by atoms with van der Waals surface area (Å²) in [6, 6.07) is 20.5. The molecule has 4 heterocycles. The Labute approximate surface area is 389 Å². The first-order valence-corrected chi connectivity index (χ1v) is 25.1. The van der Waals surface area contributed by atoms with Gasteiger partial charge in [-0.2, -0.15) is 5.26 Å². The molecule has 2 aromatic heterocycles. The van der Waals surface area contributed by atoms with Gasteiger partial charge in [-0.15, -0.1) is 0 Å². The molecule has 0 fully saturated rings. The number of fused-ring (bicyclic) bond motifs is 9. The zero-order chi connectivity index (χ0) is 43.7. The Kier molecular flexibility index (Phi) is 10.1. The van der Waals surface area contributed by atoms with Crippen molar-refractivity contribution in [3.05, 3.63) is 184 Å². The van der Waals surface area contributed by atoms with Crippen LogP contribution >= 0.6 is 0 Å². The van der Waals surface area contributed by atoms with Gasteiger partial charge in [-0.25, -0.2) is 0 Å². The Morgan fingerprint density at radius 2 is 1.59 bits per heavy atom. The van der Waals surface area contributed by atoms with Gasteiger partial charge in [0.15, 0.2) is 0 Å². The molecule has 2 N–H and O–H groups in total. The molecule has 9 aliphatic rings. The third kappa shape index (κ3) is 6.64. The summed E-state index contributed by atoms with van der Waals surface area (Å²) in [5.74, 6) is 3.72. The molecule has 4 aromatic rings. The maximum atomic E-state index is 11.4. The first kappa shape index (κ1) is 40.2. The van der Waals surface area contributed by atoms with E-state index in [1.165, 1.54) is 63.6 Å². The molecule has 0 amide bonds. The number of nitrogens with one attached hydrogen (secondary N) is 2. The number of hydrogen-bond acceptors (Lipinski definition) is 5. The van der Waals surface area contributed by atoms with Crippen molar-refractivity contribution in [2.75, 3.05) is 0 Å². The largest absolute Gasteiger partial charge is 0.461 e. The molecule has 330 valence electrons. The first-order chi connectivity index (χ1) is 32.7.